The van der Waals surface area contributed by atoms with Gasteiger partial charge in [0.15, 0.2) is 23.1 Å². The van der Waals surface area contributed by atoms with Crippen LogP contribution in [0, 0.1) is 23.0 Å². The summed E-state index contributed by atoms with van der Waals surface area (Å²) in [5.74, 6) is 0.281. The Labute approximate surface area is 492 Å². The molecule has 0 spiro atoms. The standard InChI is InChI=1S/C15H28N2O3Si.2C8H16ClNOSi.C7H13NO2.C4H11ClSi.C4H5NO.C4H12Si.2ClH.Cu/c1-4-21(5-2,12-6-11-19-13-16)20-15-7-9-17(10-8-15)14(3)18;1-3-12(9,4-2)7-5-6-11-8-10;1-3-12(9,4-2)7-5-6-10-8-11;1-6(9)8-4-2-7(10)3-5-8;1-3-6(5)4-2;1-2-3-5-4-6;1-3-5-4-2;;;/h15H,4-12H2,1-3H3;2*3-7H2,1-2H3;7,10H,2-5H2,1H3;6H,3-4H2,1-2H3;2H,1,3H2;3-5H2,1-2H3;2*1H;/q;;;;;;;;;+2/p-2. The predicted octanol–water partition coefficient (Wildman–Crippen LogP) is 13.8. The van der Waals surface area contributed by atoms with Gasteiger partial charge in [0.25, 0.3) is 12.5 Å². The normalized spacial score (nSPS) is 13.1. The Morgan fingerprint density at radius 2 is 1.11 bits per heavy atom. The SMILES string of the molecule is C=CCN=C=O.CC(=O)N1CCC(O)CC1.CC[SiH2]CC.CC[SiH](Cl)CC.CC[Si](CC)(CCCOC#N)OC1CCN(C(C)=O)CC1.CC[Si](Cl)(CC)CCCN=C=O.CC[Si](Cl)(CC)CCCOC#N.[Cl][Cu][Cl]. The number of isocyanates is 2. The predicted molar refractivity (Wildman–Crippen MR) is 328 cm³/mol. The van der Waals surface area contributed by atoms with Crippen LogP contribution >= 0.6 is 53.4 Å². The van der Waals surface area contributed by atoms with Crippen LogP contribution in [0.4, 0.5) is 0 Å². The third-order valence-corrected chi connectivity index (χ3v) is 34.4. The number of carbonyl (C=O) groups is 2. The summed E-state index contributed by atoms with van der Waals surface area (Å²) in [5, 5.41) is 25.6. The van der Waals surface area contributed by atoms with E-state index in [1.54, 1.807) is 31.3 Å². The maximum atomic E-state index is 11.4. The van der Waals surface area contributed by atoms with Gasteiger partial charge in [0.2, 0.25) is 24.0 Å². The Hall–Kier alpha value is -1.01. The molecule has 0 bridgehead atoms. The summed E-state index contributed by atoms with van der Waals surface area (Å²) in [4.78, 5) is 51.4. The average molecular weight is 1300 g/mol. The van der Waals surface area contributed by atoms with Crippen molar-refractivity contribution >= 4 is 118 Å². The Morgan fingerprint density at radius 1 is 0.720 bits per heavy atom. The number of amides is 2. The van der Waals surface area contributed by atoms with E-state index in [2.05, 4.69) is 111 Å². The summed E-state index contributed by atoms with van der Waals surface area (Å²) in [6.45, 7) is 33.5. The minimum atomic E-state index is -1.72. The molecule has 2 rings (SSSR count). The van der Waals surface area contributed by atoms with Crippen molar-refractivity contribution in [3.05, 3.63) is 12.7 Å². The molecule has 1 N–H and O–H groups in total. The Morgan fingerprint density at radius 3 is 1.39 bits per heavy atom. The number of rotatable bonds is 26. The molecule has 75 heavy (non-hydrogen) atoms. The molecule has 0 radical (unpaired) electrons. The zero-order valence-electron chi connectivity index (χ0n) is 48.2. The molecule has 2 amide bonds. The van der Waals surface area contributed by atoms with Gasteiger partial charge in [0.05, 0.1) is 19.2 Å². The number of aliphatic imine (C=N–C) groups is 2. The molecule has 0 saturated carbocycles. The zero-order valence-corrected chi connectivity index (χ0v) is 58.5. The van der Waals surface area contributed by atoms with Crippen molar-refractivity contribution in [1.82, 2.24) is 9.80 Å². The minimum absolute atomic E-state index is 0.118. The van der Waals surface area contributed by atoms with E-state index >= 15 is 0 Å². The van der Waals surface area contributed by atoms with Gasteiger partial charge in [-0.25, -0.2) is 19.6 Å². The van der Waals surface area contributed by atoms with Crippen LogP contribution in [0.2, 0.25) is 78.6 Å². The topological polar surface area (TPSA) is 195 Å². The molecule has 14 nitrogen and oxygen atoms in total. The molecule has 0 aromatic rings. The number of nitrogens with zero attached hydrogens (tertiary/aromatic N) is 6. The first-order valence-corrected chi connectivity index (χ1v) is 44.8. The van der Waals surface area contributed by atoms with Gasteiger partial charge in [-0.1, -0.05) is 87.4 Å². The molecule has 2 aliphatic rings. The van der Waals surface area contributed by atoms with E-state index in [0.29, 0.717) is 41.9 Å². The van der Waals surface area contributed by atoms with Crippen LogP contribution in [0.25, 0.3) is 0 Å². The first-order valence-electron chi connectivity index (χ1n) is 27.1. The zero-order chi connectivity index (χ0) is 58.8. The molecule has 2 heterocycles. The Bertz CT molecular complexity index is 1510. The van der Waals surface area contributed by atoms with Crippen molar-refractivity contribution in [1.29, 1.82) is 10.5 Å². The van der Waals surface area contributed by atoms with Crippen LogP contribution in [0.5, 0.6) is 0 Å². The van der Waals surface area contributed by atoms with Crippen molar-refractivity contribution in [2.24, 2.45) is 9.98 Å². The number of ether oxygens (including phenoxy) is 2. The van der Waals surface area contributed by atoms with Gasteiger partial charge in [0.1, 0.15) is 21.3 Å². The van der Waals surface area contributed by atoms with Gasteiger partial charge in [-0.3, -0.25) is 9.59 Å². The second-order valence-corrected chi connectivity index (χ2v) is 44.6. The maximum absolute atomic E-state index is 11.4. The van der Waals surface area contributed by atoms with Crippen molar-refractivity contribution in [2.45, 2.75) is 219 Å². The van der Waals surface area contributed by atoms with E-state index in [4.69, 9.17) is 58.0 Å². The number of halogens is 5. The molecular formula is C50H101Cl5CuN6O8Si5. The second-order valence-electron chi connectivity index (χ2n) is 17.9. The third-order valence-electron chi connectivity index (χ3n) is 12.8. The van der Waals surface area contributed by atoms with Crippen LogP contribution in [-0.2, 0) is 46.2 Å². The van der Waals surface area contributed by atoms with Gasteiger partial charge in [0, 0.05) is 55.7 Å². The van der Waals surface area contributed by atoms with E-state index in [9.17, 15) is 19.2 Å². The van der Waals surface area contributed by atoms with Crippen molar-refractivity contribution in [2.75, 3.05) is 52.5 Å². The van der Waals surface area contributed by atoms with E-state index in [0.717, 1.165) is 139 Å². The summed E-state index contributed by atoms with van der Waals surface area (Å²) < 4.78 is 15.9. The van der Waals surface area contributed by atoms with Crippen LogP contribution < -0.4 is 0 Å². The van der Waals surface area contributed by atoms with Crippen LogP contribution in [0.3, 0.4) is 0 Å². The second kappa shape index (κ2) is 62.2. The average Bonchev–Trinajstić information content (AvgIpc) is 3.42. The van der Waals surface area contributed by atoms with Crippen molar-refractivity contribution < 1.29 is 51.3 Å². The van der Waals surface area contributed by atoms with Crippen LogP contribution in [0.15, 0.2) is 22.6 Å². The molecule has 0 aromatic carbocycles. The van der Waals surface area contributed by atoms with E-state index in [-0.39, 0.29) is 17.9 Å². The summed E-state index contributed by atoms with van der Waals surface area (Å²) in [5.41, 5.74) is 0. The fourth-order valence-corrected chi connectivity index (χ4v) is 16.6. The van der Waals surface area contributed by atoms with Gasteiger partial charge >= 0.3 is 33.3 Å². The Balaban J connectivity index is -0.000000194. The fourth-order valence-electron chi connectivity index (χ4n) is 7.14. The van der Waals surface area contributed by atoms with E-state index < -0.39 is 31.2 Å². The quantitative estimate of drug-likeness (QED) is 0.0166. The molecule has 0 aliphatic carbocycles. The summed E-state index contributed by atoms with van der Waals surface area (Å²) in [6, 6.07) is 15.2. The number of hydrogen-bond donors (Lipinski definition) is 1. The van der Waals surface area contributed by atoms with Crippen LogP contribution in [0.1, 0.15) is 128 Å². The molecular weight excluding hydrogens is 1190 g/mol. The number of nitriles is 2. The molecule has 0 aromatic heterocycles. The number of piperidine rings is 2. The molecule has 2 saturated heterocycles. The third kappa shape index (κ3) is 57.5. The molecule has 0 atom stereocenters. The summed E-state index contributed by atoms with van der Waals surface area (Å²) in [6.07, 6.45) is 14.1. The molecule has 0 unspecified atom stereocenters. The first kappa shape index (κ1) is 85.3. The van der Waals surface area contributed by atoms with Crippen LogP contribution in [-0.4, -0.2) is 144 Å². The number of likely N-dealkylation sites (tertiary alicyclic amines) is 2. The number of aliphatic hydroxyl groups excluding tert-OH is 1. The number of carbonyl (C=O) groups excluding carboxylic acids is 4. The van der Waals surface area contributed by atoms with Crippen molar-refractivity contribution in [3.8, 4) is 12.5 Å². The molecule has 2 aliphatic heterocycles. The molecule has 25 heteroatoms. The van der Waals surface area contributed by atoms with Gasteiger partial charge in [-0.2, -0.15) is 43.8 Å². The fraction of sp³-hybridized carbons (Fsp3) is 0.840. The van der Waals surface area contributed by atoms with Gasteiger partial charge in [-0.05, 0) is 111 Å². The van der Waals surface area contributed by atoms with E-state index in [1.807, 2.05) is 4.90 Å². The monoisotopic (exact) mass is 1290 g/mol. The number of aliphatic hydroxyl groups is 1. The summed E-state index contributed by atoms with van der Waals surface area (Å²) in [7, 11) is 4.43. The Kier molecular flexibility index (Phi) is 70.7. The van der Waals surface area contributed by atoms with Gasteiger partial charge < -0.3 is 28.8 Å². The first-order chi connectivity index (χ1) is 35.7. The molecule has 2 fully saturated rings. The number of hydrogen-bond acceptors (Lipinski definition) is 12. The summed E-state index contributed by atoms with van der Waals surface area (Å²) >= 11 is 19.3. The van der Waals surface area contributed by atoms with Gasteiger partial charge in [-0.15, -0.1) is 6.58 Å². The van der Waals surface area contributed by atoms with Crippen molar-refractivity contribution in [3.63, 3.8) is 0 Å². The molecule has 445 valence electrons. The van der Waals surface area contributed by atoms with E-state index in [1.165, 1.54) is 42.4 Å².